The third-order valence-corrected chi connectivity index (χ3v) is 7.31. The Bertz CT molecular complexity index is 1220. The van der Waals surface area contributed by atoms with Gasteiger partial charge in [-0.25, -0.2) is 18.7 Å². The van der Waals surface area contributed by atoms with Gasteiger partial charge in [0.2, 0.25) is 0 Å². The number of hydrogen-bond acceptors (Lipinski definition) is 9. The quantitative estimate of drug-likeness (QED) is 0.324. The monoisotopic (exact) mass is 580 g/mol. The number of halogens is 3. The molecule has 1 aromatic carbocycles. The van der Waals surface area contributed by atoms with Gasteiger partial charge in [0.05, 0.1) is 22.8 Å². The molecule has 2 heterocycles. The summed E-state index contributed by atoms with van der Waals surface area (Å²) in [5.74, 6) is 1.16. The Balaban J connectivity index is 2.04. The smallest absolute Gasteiger partial charge is 0.251 e. The Morgan fingerprint density at radius 2 is 1.98 bits per heavy atom. The second-order valence-corrected chi connectivity index (χ2v) is 10.6. The van der Waals surface area contributed by atoms with Gasteiger partial charge < -0.3 is 25.8 Å². The molecule has 9 nitrogen and oxygen atoms in total. The summed E-state index contributed by atoms with van der Waals surface area (Å²) >= 11 is 6.59. The Labute approximate surface area is 239 Å². The summed E-state index contributed by atoms with van der Waals surface area (Å²) in [6, 6.07) is 5.09. The van der Waals surface area contributed by atoms with Crippen LogP contribution in [0.25, 0.3) is 17.0 Å². The lowest BCUT2D eigenvalue weighted by Gasteiger charge is -2.38. The predicted octanol–water partition coefficient (Wildman–Crippen LogP) is 3.51. The third-order valence-electron chi connectivity index (χ3n) is 6.98. The molecule has 12 heteroatoms. The molecule has 1 aliphatic rings. The van der Waals surface area contributed by atoms with Crippen LogP contribution in [-0.2, 0) is 4.79 Å². The standard InChI is InChI=1S/C28H39ClF2N6O3/c1-16-26(25(17(2)32)18(3)38)34-27(22-12-21(6-7-23(22)29)40-15-20(39)13-33-4)35-28(16)37-10-8-19(9-11-37)36(5)14-24(30)31/h6-7,12,19-20,24,33,39H,8-11,13-15,32H2,1-5H3/t20-/m1/s1. The molecule has 3 rings (SSSR count). The number of nitrogens with two attached hydrogens (primary N) is 1. The van der Waals surface area contributed by atoms with Crippen LogP contribution >= 0.6 is 11.6 Å². The van der Waals surface area contributed by atoms with Crippen molar-refractivity contribution in [2.45, 2.75) is 52.2 Å². The summed E-state index contributed by atoms with van der Waals surface area (Å²) < 4.78 is 31.6. The topological polar surface area (TPSA) is 117 Å². The van der Waals surface area contributed by atoms with E-state index in [0.29, 0.717) is 83.0 Å². The zero-order valence-electron chi connectivity index (χ0n) is 23.7. The van der Waals surface area contributed by atoms with Crippen LogP contribution in [0.4, 0.5) is 14.6 Å². The highest BCUT2D eigenvalue weighted by molar-refractivity contribution is 6.33. The maximum absolute atomic E-state index is 12.9. The van der Waals surface area contributed by atoms with Crippen molar-refractivity contribution in [1.82, 2.24) is 20.2 Å². The largest absolute Gasteiger partial charge is 0.491 e. The van der Waals surface area contributed by atoms with E-state index in [1.807, 2.05) is 6.92 Å². The molecule has 1 fully saturated rings. The molecule has 1 aliphatic heterocycles. The van der Waals surface area contributed by atoms with E-state index >= 15 is 0 Å². The molecule has 40 heavy (non-hydrogen) atoms. The van der Waals surface area contributed by atoms with Gasteiger partial charge in [0, 0.05) is 42.5 Å². The summed E-state index contributed by atoms with van der Waals surface area (Å²) in [6.07, 6.45) is -1.72. The van der Waals surface area contributed by atoms with Crippen LogP contribution in [0.2, 0.25) is 5.02 Å². The molecule has 0 amide bonds. The molecular formula is C28H39ClF2N6O3. The second-order valence-electron chi connectivity index (χ2n) is 10.2. The molecule has 0 spiro atoms. The number of rotatable bonds is 12. The number of alkyl halides is 2. The molecule has 0 aliphatic carbocycles. The minimum atomic E-state index is -2.38. The maximum Gasteiger partial charge on any atom is 0.251 e. The Morgan fingerprint density at radius 1 is 1.30 bits per heavy atom. The number of nitrogens with one attached hydrogen (secondary N) is 1. The predicted molar refractivity (Wildman–Crippen MR) is 154 cm³/mol. The highest BCUT2D eigenvalue weighted by atomic mass is 35.5. The van der Waals surface area contributed by atoms with Crippen molar-refractivity contribution >= 4 is 28.8 Å². The van der Waals surface area contributed by atoms with E-state index in [4.69, 9.17) is 32.0 Å². The number of hydrogen-bond donors (Lipinski definition) is 3. The lowest BCUT2D eigenvalue weighted by molar-refractivity contribution is -0.111. The zero-order valence-corrected chi connectivity index (χ0v) is 24.4. The van der Waals surface area contributed by atoms with Crippen LogP contribution in [0.3, 0.4) is 0 Å². The number of anilines is 1. The Morgan fingerprint density at radius 3 is 2.55 bits per heavy atom. The number of carbonyl (C=O) groups excluding carboxylic acids is 1. The SMILES string of the molecule is CNC[C@@H](O)COc1ccc(Cl)c(-c2nc(C(C(C)=O)=C(C)N)c(C)c(N3CCC(N(C)CC(F)F)CC3)n2)c1. The van der Waals surface area contributed by atoms with Gasteiger partial charge >= 0.3 is 0 Å². The van der Waals surface area contributed by atoms with Crippen LogP contribution in [0.1, 0.15) is 37.9 Å². The summed E-state index contributed by atoms with van der Waals surface area (Å²) in [4.78, 5) is 26.1. The molecule has 2 aromatic rings. The number of piperidine rings is 1. The van der Waals surface area contributed by atoms with Gasteiger partial charge in [0.15, 0.2) is 11.6 Å². The van der Waals surface area contributed by atoms with Crippen molar-refractivity contribution in [3.05, 3.63) is 40.2 Å². The summed E-state index contributed by atoms with van der Waals surface area (Å²) in [5, 5.41) is 13.3. The number of likely N-dealkylation sites (N-methyl/N-ethyl adjacent to an activating group) is 1. The van der Waals surface area contributed by atoms with Gasteiger partial charge in [-0.2, -0.15) is 0 Å². The number of Topliss-reactive ketones (excluding diaryl/α,β-unsaturated/α-hetero) is 1. The highest BCUT2D eigenvalue weighted by Gasteiger charge is 2.28. The van der Waals surface area contributed by atoms with Crippen LogP contribution in [0.5, 0.6) is 5.75 Å². The number of aromatic nitrogens is 2. The van der Waals surface area contributed by atoms with Gasteiger partial charge in [-0.1, -0.05) is 11.6 Å². The number of carbonyl (C=O) groups is 1. The van der Waals surface area contributed by atoms with E-state index in [1.54, 1.807) is 44.1 Å². The molecule has 1 saturated heterocycles. The van der Waals surface area contributed by atoms with Gasteiger partial charge in [0.25, 0.3) is 6.43 Å². The summed E-state index contributed by atoms with van der Waals surface area (Å²) in [7, 11) is 3.46. The van der Waals surface area contributed by atoms with E-state index in [-0.39, 0.29) is 25.0 Å². The molecule has 0 bridgehead atoms. The highest BCUT2D eigenvalue weighted by Crippen LogP contribution is 2.35. The molecule has 1 aromatic heterocycles. The van der Waals surface area contributed by atoms with Crippen molar-refractivity contribution in [3.8, 4) is 17.1 Å². The zero-order chi connectivity index (χ0) is 29.6. The number of nitrogens with zero attached hydrogens (tertiary/aromatic N) is 4. The van der Waals surface area contributed by atoms with E-state index in [1.165, 1.54) is 6.92 Å². The van der Waals surface area contributed by atoms with Crippen molar-refractivity contribution in [2.24, 2.45) is 5.73 Å². The third kappa shape index (κ3) is 7.87. The first-order valence-corrected chi connectivity index (χ1v) is 13.7. The Hall–Kier alpha value is -2.86. The second kappa shape index (κ2) is 14.2. The van der Waals surface area contributed by atoms with Crippen LogP contribution in [0, 0.1) is 6.92 Å². The van der Waals surface area contributed by atoms with E-state index in [9.17, 15) is 18.7 Å². The van der Waals surface area contributed by atoms with E-state index < -0.39 is 12.5 Å². The molecule has 0 saturated carbocycles. The summed E-state index contributed by atoms with van der Waals surface area (Å²) in [5.41, 5.74) is 8.37. The van der Waals surface area contributed by atoms with Gasteiger partial charge in [-0.05, 0) is 65.9 Å². The van der Waals surface area contributed by atoms with Crippen LogP contribution in [-0.4, -0.2) is 91.2 Å². The first kappa shape index (κ1) is 31.7. The molecule has 4 N–H and O–H groups in total. The van der Waals surface area contributed by atoms with E-state index in [0.717, 1.165) is 0 Å². The van der Waals surface area contributed by atoms with Gasteiger partial charge in [-0.15, -0.1) is 0 Å². The van der Waals surface area contributed by atoms with Gasteiger partial charge in [0.1, 0.15) is 24.3 Å². The minimum absolute atomic E-state index is 0.0341. The molecule has 1 atom stereocenters. The van der Waals surface area contributed by atoms with E-state index in [2.05, 4.69) is 10.2 Å². The minimum Gasteiger partial charge on any atom is -0.491 e. The molecular weight excluding hydrogens is 542 g/mol. The average molecular weight is 581 g/mol. The molecule has 220 valence electrons. The van der Waals surface area contributed by atoms with Crippen molar-refractivity contribution in [3.63, 3.8) is 0 Å². The number of ether oxygens (including phenoxy) is 1. The number of allylic oxidation sites excluding steroid dienone is 2. The summed E-state index contributed by atoms with van der Waals surface area (Å²) in [6.45, 7) is 6.31. The first-order valence-electron chi connectivity index (χ1n) is 13.3. The fourth-order valence-electron chi connectivity index (χ4n) is 4.95. The van der Waals surface area contributed by atoms with Crippen molar-refractivity contribution in [1.29, 1.82) is 0 Å². The molecule has 0 unspecified atom stereocenters. The maximum atomic E-state index is 12.9. The lowest BCUT2D eigenvalue weighted by atomic mass is 9.99. The average Bonchev–Trinajstić information content (AvgIpc) is 2.89. The fraction of sp³-hybridized carbons (Fsp3) is 0.536. The Kier molecular flexibility index (Phi) is 11.2. The van der Waals surface area contributed by atoms with Crippen molar-refractivity contribution < 1.29 is 23.4 Å². The normalized spacial score (nSPS) is 15.9. The van der Waals surface area contributed by atoms with Crippen LogP contribution < -0.4 is 20.7 Å². The van der Waals surface area contributed by atoms with Crippen LogP contribution in [0.15, 0.2) is 23.9 Å². The van der Waals surface area contributed by atoms with Gasteiger partial charge in [-0.3, -0.25) is 9.69 Å². The lowest BCUT2D eigenvalue weighted by Crippen LogP contribution is -2.45. The number of aliphatic hydroxyl groups is 1. The first-order chi connectivity index (χ1) is 18.9. The molecule has 0 radical (unpaired) electrons. The number of benzene rings is 1. The number of aliphatic hydroxyl groups excluding tert-OH is 1. The fourth-order valence-corrected chi connectivity index (χ4v) is 5.15. The van der Waals surface area contributed by atoms with Crippen molar-refractivity contribution in [2.75, 3.05) is 51.8 Å². The number of ketones is 1.